The predicted octanol–water partition coefficient (Wildman–Crippen LogP) is 7.44. The van der Waals surface area contributed by atoms with Crippen LogP contribution in [0, 0.1) is 0 Å². The van der Waals surface area contributed by atoms with Crippen molar-refractivity contribution in [2.75, 3.05) is 7.05 Å². The minimum Gasteiger partial charge on any atom is -0.435 e. The zero-order chi connectivity index (χ0) is 23.5. The molecule has 0 saturated heterocycles. The van der Waals surface area contributed by atoms with E-state index in [2.05, 4.69) is 75.9 Å². The Morgan fingerprint density at radius 2 is 1.43 bits per heavy atom. The highest BCUT2D eigenvalue weighted by atomic mass is 16.3. The second kappa shape index (κ2) is 7.37. The van der Waals surface area contributed by atoms with E-state index in [1.807, 2.05) is 36.4 Å². The predicted molar refractivity (Wildman–Crippen MR) is 146 cm³/mol. The van der Waals surface area contributed by atoms with Gasteiger partial charge in [0.25, 0.3) is 0 Å². The molecule has 0 aliphatic rings. The SMILES string of the molecule is C=NC(=NC)n1c2ccc3nc(-c4ccccc4)oc3c2c2c3ccccc3c3ccccc3c21. The Morgan fingerprint density at radius 1 is 0.771 bits per heavy atom. The van der Waals surface area contributed by atoms with E-state index in [4.69, 9.17) is 9.40 Å². The third-order valence-electron chi connectivity index (χ3n) is 6.72. The van der Waals surface area contributed by atoms with Crippen molar-refractivity contribution in [3.05, 3.63) is 91.0 Å². The lowest BCUT2D eigenvalue weighted by Crippen LogP contribution is -2.08. The van der Waals surface area contributed by atoms with Crippen LogP contribution >= 0.6 is 0 Å². The van der Waals surface area contributed by atoms with Crippen molar-refractivity contribution in [2.45, 2.75) is 0 Å². The lowest BCUT2D eigenvalue weighted by Gasteiger charge is -2.10. The summed E-state index contributed by atoms with van der Waals surface area (Å²) >= 11 is 0. The highest BCUT2D eigenvalue weighted by Gasteiger charge is 2.23. The van der Waals surface area contributed by atoms with E-state index in [0.29, 0.717) is 11.9 Å². The minimum absolute atomic E-state index is 0.535. The van der Waals surface area contributed by atoms with Gasteiger partial charge in [-0.2, -0.15) is 0 Å². The summed E-state index contributed by atoms with van der Waals surface area (Å²) in [6, 6.07) is 31.1. The van der Waals surface area contributed by atoms with Crippen LogP contribution in [-0.2, 0) is 0 Å². The summed E-state index contributed by atoms with van der Waals surface area (Å²) in [5.41, 5.74) is 4.50. The summed E-state index contributed by atoms with van der Waals surface area (Å²) in [5.74, 6) is 1.14. The molecule has 0 unspecified atom stereocenters. The van der Waals surface area contributed by atoms with Crippen molar-refractivity contribution in [1.29, 1.82) is 0 Å². The fourth-order valence-corrected chi connectivity index (χ4v) is 5.29. The molecule has 2 aromatic heterocycles. The van der Waals surface area contributed by atoms with Gasteiger partial charge in [0.1, 0.15) is 5.52 Å². The summed E-state index contributed by atoms with van der Waals surface area (Å²) in [6.45, 7) is 3.81. The van der Waals surface area contributed by atoms with E-state index in [1.165, 1.54) is 10.8 Å². The van der Waals surface area contributed by atoms with Crippen molar-refractivity contribution < 1.29 is 4.42 Å². The van der Waals surface area contributed by atoms with Gasteiger partial charge >= 0.3 is 0 Å². The Morgan fingerprint density at radius 3 is 2.14 bits per heavy atom. The number of aromatic nitrogens is 2. The topological polar surface area (TPSA) is 55.7 Å². The molecule has 7 aromatic rings. The molecule has 0 spiro atoms. The first kappa shape index (κ1) is 19.7. The molecule has 7 rings (SSSR count). The standard InChI is InChI=1S/C30H20N4O/c1-31-30(32-2)34-24-17-16-23-28(35-29(33-23)18-10-4-3-5-11-18)26(24)25-21-14-8-6-12-19(21)20-13-7-9-15-22(20)27(25)34/h3-17H,1H2,2H3. The quantitative estimate of drug-likeness (QED) is 0.148. The molecule has 0 atom stereocenters. The molecule has 0 fully saturated rings. The molecule has 0 aliphatic carbocycles. The van der Waals surface area contributed by atoms with Crippen LogP contribution in [0.1, 0.15) is 0 Å². The summed E-state index contributed by atoms with van der Waals surface area (Å²) in [7, 11) is 1.74. The fourth-order valence-electron chi connectivity index (χ4n) is 5.29. The van der Waals surface area contributed by atoms with Gasteiger partial charge in [-0.15, -0.1) is 0 Å². The molecule has 0 saturated carbocycles. The van der Waals surface area contributed by atoms with Crippen molar-refractivity contribution in [3.63, 3.8) is 0 Å². The van der Waals surface area contributed by atoms with Gasteiger partial charge in [-0.05, 0) is 47.1 Å². The van der Waals surface area contributed by atoms with Gasteiger partial charge in [0, 0.05) is 23.4 Å². The third kappa shape index (κ3) is 2.66. The second-order valence-corrected chi connectivity index (χ2v) is 8.52. The molecule has 5 nitrogen and oxygen atoms in total. The normalized spacial score (nSPS) is 12.4. The average molecular weight is 453 g/mol. The fraction of sp³-hybridized carbons (Fsp3) is 0.0333. The Kier molecular flexibility index (Phi) is 4.14. The highest BCUT2D eigenvalue weighted by molar-refractivity contribution is 6.36. The Labute approximate surface area is 200 Å². The zero-order valence-corrected chi connectivity index (χ0v) is 19.1. The van der Waals surface area contributed by atoms with Gasteiger partial charge in [0.15, 0.2) is 5.58 Å². The van der Waals surface area contributed by atoms with Crippen molar-refractivity contribution >= 4 is 67.1 Å². The van der Waals surface area contributed by atoms with E-state index in [0.717, 1.165) is 49.2 Å². The summed E-state index contributed by atoms with van der Waals surface area (Å²) < 4.78 is 8.58. The van der Waals surface area contributed by atoms with Gasteiger partial charge in [-0.25, -0.2) is 9.98 Å². The lowest BCUT2D eigenvalue weighted by molar-refractivity contribution is 0.623. The number of hydrogen-bond donors (Lipinski definition) is 0. The van der Waals surface area contributed by atoms with E-state index >= 15 is 0 Å². The maximum absolute atomic E-state index is 6.49. The number of oxazole rings is 1. The molecular weight excluding hydrogens is 432 g/mol. The number of rotatable bonds is 1. The maximum Gasteiger partial charge on any atom is 0.229 e. The van der Waals surface area contributed by atoms with Crippen LogP contribution in [0.15, 0.2) is 105 Å². The van der Waals surface area contributed by atoms with Gasteiger partial charge in [-0.3, -0.25) is 9.56 Å². The number of fused-ring (bicyclic) bond motifs is 10. The van der Waals surface area contributed by atoms with Gasteiger partial charge < -0.3 is 4.42 Å². The molecule has 5 heteroatoms. The van der Waals surface area contributed by atoms with E-state index in [1.54, 1.807) is 7.05 Å². The van der Waals surface area contributed by atoms with Crippen LogP contribution in [0.5, 0.6) is 0 Å². The summed E-state index contributed by atoms with van der Waals surface area (Å²) in [5, 5.41) is 6.74. The highest BCUT2D eigenvalue weighted by Crippen LogP contribution is 2.44. The first-order valence-corrected chi connectivity index (χ1v) is 11.5. The number of hydrogen-bond acceptors (Lipinski definition) is 3. The Balaban J connectivity index is 1.79. The van der Waals surface area contributed by atoms with Crippen LogP contribution < -0.4 is 0 Å². The number of benzene rings is 5. The zero-order valence-electron chi connectivity index (χ0n) is 19.1. The summed E-state index contributed by atoms with van der Waals surface area (Å²) in [4.78, 5) is 13.6. The van der Waals surface area contributed by atoms with Crippen molar-refractivity contribution in [2.24, 2.45) is 9.98 Å². The number of aliphatic imine (C=N–C) groups is 2. The molecule has 0 amide bonds. The molecule has 2 heterocycles. The molecule has 0 aliphatic heterocycles. The molecule has 5 aromatic carbocycles. The van der Waals surface area contributed by atoms with Crippen molar-refractivity contribution in [1.82, 2.24) is 9.55 Å². The molecule has 0 radical (unpaired) electrons. The molecule has 35 heavy (non-hydrogen) atoms. The van der Waals surface area contributed by atoms with Crippen LogP contribution in [0.2, 0.25) is 0 Å². The van der Waals surface area contributed by atoms with Gasteiger partial charge in [-0.1, -0.05) is 66.7 Å². The third-order valence-corrected chi connectivity index (χ3v) is 6.72. The largest absolute Gasteiger partial charge is 0.435 e. The average Bonchev–Trinajstić information content (AvgIpc) is 3.50. The molecule has 0 bridgehead atoms. The van der Waals surface area contributed by atoms with E-state index in [9.17, 15) is 0 Å². The van der Waals surface area contributed by atoms with Crippen molar-refractivity contribution in [3.8, 4) is 11.5 Å². The Hall–Kier alpha value is -4.77. The first-order valence-electron chi connectivity index (χ1n) is 11.5. The molecular formula is C30H20N4O. The van der Waals surface area contributed by atoms with Gasteiger partial charge in [0.2, 0.25) is 11.9 Å². The second-order valence-electron chi connectivity index (χ2n) is 8.52. The smallest absolute Gasteiger partial charge is 0.229 e. The summed E-state index contributed by atoms with van der Waals surface area (Å²) in [6.07, 6.45) is 0. The minimum atomic E-state index is 0.535. The van der Waals surface area contributed by atoms with Gasteiger partial charge in [0.05, 0.1) is 16.4 Å². The van der Waals surface area contributed by atoms with E-state index in [-0.39, 0.29) is 0 Å². The Bertz CT molecular complexity index is 1980. The molecule has 166 valence electrons. The van der Waals surface area contributed by atoms with Crippen LogP contribution in [0.25, 0.3) is 65.9 Å². The monoisotopic (exact) mass is 452 g/mol. The van der Waals surface area contributed by atoms with Crippen LogP contribution in [0.4, 0.5) is 0 Å². The maximum atomic E-state index is 6.49. The number of nitrogens with zero attached hydrogens (tertiary/aromatic N) is 4. The first-order chi connectivity index (χ1) is 17.3. The van der Waals surface area contributed by atoms with Crippen LogP contribution in [0.3, 0.4) is 0 Å². The lowest BCUT2D eigenvalue weighted by atomic mass is 9.96. The molecule has 0 N–H and O–H groups in total. The van der Waals surface area contributed by atoms with Crippen LogP contribution in [-0.4, -0.2) is 29.3 Å². The van der Waals surface area contributed by atoms with E-state index < -0.39 is 0 Å².